The summed E-state index contributed by atoms with van der Waals surface area (Å²) in [6.07, 6.45) is -0.405. The zero-order valence-corrected chi connectivity index (χ0v) is 13.9. The number of ether oxygens (including phenoxy) is 1. The van der Waals surface area contributed by atoms with Crippen molar-refractivity contribution in [2.45, 2.75) is 25.9 Å². The molecule has 1 aromatic carbocycles. The van der Waals surface area contributed by atoms with Crippen LogP contribution in [0.4, 0.5) is 4.79 Å². The minimum absolute atomic E-state index is 0.0534. The number of hydrogen-bond acceptors (Lipinski definition) is 5. The van der Waals surface area contributed by atoms with Gasteiger partial charge in [0, 0.05) is 19.5 Å². The molecule has 1 aliphatic heterocycles. The van der Waals surface area contributed by atoms with Crippen LogP contribution >= 0.6 is 0 Å². The Morgan fingerprint density at radius 2 is 2.00 bits per heavy atom. The minimum Gasteiger partial charge on any atom is -0.452 e. The summed E-state index contributed by atoms with van der Waals surface area (Å²) in [5, 5.41) is 1.84. The van der Waals surface area contributed by atoms with Gasteiger partial charge in [-0.15, -0.1) is 0 Å². The average Bonchev–Trinajstić information content (AvgIpc) is 2.94. The first-order valence-corrected chi connectivity index (χ1v) is 7.99. The number of nitrogens with zero attached hydrogens (tertiary/aromatic N) is 1. The van der Waals surface area contributed by atoms with Crippen LogP contribution in [0.1, 0.15) is 18.9 Å². The van der Waals surface area contributed by atoms with E-state index >= 15 is 0 Å². The van der Waals surface area contributed by atoms with Gasteiger partial charge in [-0.05, 0) is 18.9 Å². The zero-order valence-electron chi connectivity index (χ0n) is 13.9. The van der Waals surface area contributed by atoms with Crippen LogP contribution in [0.5, 0.6) is 0 Å². The van der Waals surface area contributed by atoms with Crippen molar-refractivity contribution in [1.29, 1.82) is 0 Å². The number of carbonyl (C=O) groups excluding carboxylic acids is 4. The van der Waals surface area contributed by atoms with Crippen molar-refractivity contribution in [1.82, 2.24) is 10.2 Å². The molecule has 2 atom stereocenters. The molecular formula is C17H21N3O5. The van der Waals surface area contributed by atoms with E-state index in [9.17, 15) is 19.2 Å². The van der Waals surface area contributed by atoms with Crippen molar-refractivity contribution in [3.63, 3.8) is 0 Å². The van der Waals surface area contributed by atoms with Crippen LogP contribution in [-0.2, 0) is 25.5 Å². The highest BCUT2D eigenvalue weighted by Gasteiger charge is 2.36. The van der Waals surface area contributed by atoms with Crippen LogP contribution < -0.4 is 11.1 Å². The van der Waals surface area contributed by atoms with Crippen molar-refractivity contribution < 1.29 is 23.9 Å². The molecule has 0 saturated carbocycles. The Labute approximate surface area is 145 Å². The largest absolute Gasteiger partial charge is 0.452 e. The second-order valence-electron chi connectivity index (χ2n) is 5.91. The summed E-state index contributed by atoms with van der Waals surface area (Å²) >= 11 is 0. The maximum absolute atomic E-state index is 12.1. The molecule has 4 amide bonds. The minimum atomic E-state index is -1.16. The maximum atomic E-state index is 12.1. The number of urea groups is 1. The van der Waals surface area contributed by atoms with Crippen LogP contribution in [0.15, 0.2) is 30.3 Å². The number of nitrogens with one attached hydrogen (secondary N) is 1. The Kier molecular flexibility index (Phi) is 6.10. The summed E-state index contributed by atoms with van der Waals surface area (Å²) in [5.41, 5.74) is 5.95. The second kappa shape index (κ2) is 8.27. The summed E-state index contributed by atoms with van der Waals surface area (Å²) in [4.78, 5) is 47.9. The number of esters is 1. The van der Waals surface area contributed by atoms with Crippen LogP contribution in [0.2, 0.25) is 0 Å². The molecule has 0 aromatic heterocycles. The van der Waals surface area contributed by atoms with Crippen LogP contribution in [0, 0.1) is 5.92 Å². The van der Waals surface area contributed by atoms with Gasteiger partial charge in [-0.1, -0.05) is 30.3 Å². The molecular weight excluding hydrogens is 326 g/mol. The van der Waals surface area contributed by atoms with Crippen LogP contribution in [0.25, 0.3) is 0 Å². The zero-order chi connectivity index (χ0) is 18.4. The second-order valence-corrected chi connectivity index (χ2v) is 5.91. The van der Waals surface area contributed by atoms with Gasteiger partial charge in [-0.2, -0.15) is 0 Å². The third-order valence-electron chi connectivity index (χ3n) is 3.97. The van der Waals surface area contributed by atoms with Crippen molar-refractivity contribution in [2.75, 3.05) is 13.1 Å². The number of rotatable bonds is 6. The molecule has 2 rings (SSSR count). The Hall–Kier alpha value is -2.90. The third-order valence-corrected chi connectivity index (χ3v) is 3.97. The normalized spacial score (nSPS) is 17.9. The predicted octanol–water partition coefficient (Wildman–Crippen LogP) is 0.204. The molecule has 1 saturated heterocycles. The smallest absolute Gasteiger partial charge is 0.318 e. The van der Waals surface area contributed by atoms with Gasteiger partial charge in [-0.25, -0.2) is 4.79 Å². The molecule has 0 aliphatic carbocycles. The molecule has 1 aliphatic rings. The van der Waals surface area contributed by atoms with Crippen molar-refractivity contribution in [3.05, 3.63) is 35.9 Å². The lowest BCUT2D eigenvalue weighted by atomic mass is 10.1. The van der Waals surface area contributed by atoms with E-state index in [0.29, 0.717) is 13.0 Å². The fourth-order valence-corrected chi connectivity index (χ4v) is 2.60. The molecule has 8 heteroatoms. The predicted molar refractivity (Wildman–Crippen MR) is 88.1 cm³/mol. The maximum Gasteiger partial charge on any atom is 0.318 e. The number of likely N-dealkylation sites (tertiary alicyclic amines) is 1. The van der Waals surface area contributed by atoms with Crippen molar-refractivity contribution >= 4 is 23.8 Å². The van der Waals surface area contributed by atoms with E-state index in [1.54, 1.807) is 4.90 Å². The molecule has 134 valence electrons. The van der Waals surface area contributed by atoms with Gasteiger partial charge in [-0.3, -0.25) is 19.7 Å². The van der Waals surface area contributed by atoms with Crippen molar-refractivity contribution in [2.24, 2.45) is 11.7 Å². The number of nitrogens with two attached hydrogens (primary N) is 1. The lowest BCUT2D eigenvalue weighted by molar-refractivity contribution is -0.158. The Morgan fingerprint density at radius 1 is 1.32 bits per heavy atom. The fraction of sp³-hybridized carbons (Fsp3) is 0.412. The van der Waals surface area contributed by atoms with Gasteiger partial charge >= 0.3 is 12.0 Å². The third kappa shape index (κ3) is 5.30. The number of benzene rings is 1. The Balaban J connectivity index is 1.83. The van der Waals surface area contributed by atoms with Gasteiger partial charge in [0.15, 0.2) is 6.10 Å². The molecule has 0 radical (unpaired) electrons. The van der Waals surface area contributed by atoms with E-state index < -0.39 is 29.9 Å². The molecule has 0 unspecified atom stereocenters. The van der Waals surface area contributed by atoms with E-state index in [1.807, 2.05) is 35.6 Å². The summed E-state index contributed by atoms with van der Waals surface area (Å²) in [6.45, 7) is 2.11. The van der Waals surface area contributed by atoms with E-state index in [0.717, 1.165) is 5.56 Å². The van der Waals surface area contributed by atoms with Gasteiger partial charge < -0.3 is 15.4 Å². The summed E-state index contributed by atoms with van der Waals surface area (Å²) in [5.74, 6) is -2.17. The molecule has 1 fully saturated rings. The SMILES string of the molecule is C[C@@H](OC(=O)[C@H]1CC(=O)N(CCc2ccccc2)C1)C(=O)NC(N)=O. The van der Waals surface area contributed by atoms with Gasteiger partial charge in [0.1, 0.15) is 0 Å². The number of imide groups is 1. The highest BCUT2D eigenvalue weighted by molar-refractivity contribution is 5.96. The standard InChI is InChI=1S/C17H21N3O5/c1-11(15(22)19-17(18)24)25-16(23)13-9-14(21)20(10-13)8-7-12-5-3-2-4-6-12/h2-6,11,13H,7-10H2,1H3,(H3,18,19,22,24)/t11-,13+/m1/s1. The van der Waals surface area contributed by atoms with Gasteiger partial charge in [0.25, 0.3) is 5.91 Å². The first-order valence-electron chi connectivity index (χ1n) is 7.99. The number of amides is 4. The molecule has 8 nitrogen and oxygen atoms in total. The van der Waals surface area contributed by atoms with Crippen LogP contribution in [0.3, 0.4) is 0 Å². The molecule has 0 bridgehead atoms. The topological polar surface area (TPSA) is 119 Å². The molecule has 0 spiro atoms. The van der Waals surface area contributed by atoms with E-state index in [4.69, 9.17) is 10.5 Å². The summed E-state index contributed by atoms with van der Waals surface area (Å²) < 4.78 is 5.02. The summed E-state index contributed by atoms with van der Waals surface area (Å²) in [6, 6.07) is 8.72. The molecule has 3 N–H and O–H groups in total. The van der Waals surface area contributed by atoms with Crippen LogP contribution in [-0.4, -0.2) is 47.9 Å². The molecule has 1 aromatic rings. The van der Waals surface area contributed by atoms with E-state index in [1.165, 1.54) is 6.92 Å². The van der Waals surface area contributed by atoms with E-state index in [-0.39, 0.29) is 18.9 Å². The Bertz CT molecular complexity index is 662. The first kappa shape index (κ1) is 18.4. The van der Waals surface area contributed by atoms with Crippen molar-refractivity contribution in [3.8, 4) is 0 Å². The highest BCUT2D eigenvalue weighted by atomic mass is 16.5. The Morgan fingerprint density at radius 3 is 2.64 bits per heavy atom. The van der Waals surface area contributed by atoms with E-state index in [2.05, 4.69) is 0 Å². The molecule has 1 heterocycles. The lowest BCUT2D eigenvalue weighted by Crippen LogP contribution is -2.42. The summed E-state index contributed by atoms with van der Waals surface area (Å²) in [7, 11) is 0. The highest BCUT2D eigenvalue weighted by Crippen LogP contribution is 2.20. The quantitative estimate of drug-likeness (QED) is 0.713. The number of carbonyl (C=O) groups is 4. The first-order chi connectivity index (χ1) is 11.9. The van der Waals surface area contributed by atoms with Gasteiger partial charge in [0.05, 0.1) is 5.92 Å². The lowest BCUT2D eigenvalue weighted by Gasteiger charge is -2.17. The monoisotopic (exact) mass is 347 g/mol. The average molecular weight is 347 g/mol. The fourth-order valence-electron chi connectivity index (χ4n) is 2.60. The number of primary amides is 1. The number of hydrogen-bond donors (Lipinski definition) is 2. The van der Waals surface area contributed by atoms with Gasteiger partial charge in [0.2, 0.25) is 5.91 Å². The molecule has 25 heavy (non-hydrogen) atoms.